The van der Waals surface area contributed by atoms with Crippen LogP contribution in [0.5, 0.6) is 5.75 Å². The molecule has 1 heterocycles. The lowest BCUT2D eigenvalue weighted by molar-refractivity contribution is 0.469. The van der Waals surface area contributed by atoms with Crippen molar-refractivity contribution in [3.05, 3.63) is 53.9 Å². The van der Waals surface area contributed by atoms with Crippen LogP contribution in [0.25, 0.3) is 0 Å². The topological polar surface area (TPSA) is 25.2 Å². The van der Waals surface area contributed by atoms with Crippen LogP contribution in [-0.2, 0) is 13.5 Å². The molecule has 0 bridgehead atoms. The number of hydrogen-bond donors (Lipinski definition) is 1. The molecule has 2 aromatic rings. The van der Waals surface area contributed by atoms with E-state index in [0.717, 1.165) is 12.0 Å². The molecule has 0 aliphatic heterocycles. The van der Waals surface area contributed by atoms with E-state index in [4.69, 9.17) is 0 Å². The zero-order valence-electron chi connectivity index (χ0n) is 8.14. The summed E-state index contributed by atoms with van der Waals surface area (Å²) in [5.41, 5.74) is 2.17. The van der Waals surface area contributed by atoms with Crippen molar-refractivity contribution in [2.24, 2.45) is 7.05 Å². The third-order valence-corrected chi connectivity index (χ3v) is 2.41. The van der Waals surface area contributed by atoms with Gasteiger partial charge in [0.15, 0.2) is 0 Å². The fourth-order valence-electron chi connectivity index (χ4n) is 1.54. The van der Waals surface area contributed by atoms with Crippen LogP contribution in [0, 0.1) is 0 Å². The lowest BCUT2D eigenvalue weighted by atomic mass is 10.1. The van der Waals surface area contributed by atoms with Crippen LogP contribution < -0.4 is 0 Å². The summed E-state index contributed by atoms with van der Waals surface area (Å²) in [4.78, 5) is 0. The minimum atomic E-state index is 0.369. The SMILES string of the molecule is Cn1cccc1Cc1ccccc1O. The van der Waals surface area contributed by atoms with Crippen molar-refractivity contribution in [2.45, 2.75) is 6.42 Å². The number of nitrogens with zero attached hydrogens (tertiary/aromatic N) is 1. The van der Waals surface area contributed by atoms with Crippen molar-refractivity contribution < 1.29 is 5.11 Å². The van der Waals surface area contributed by atoms with Gasteiger partial charge in [0.25, 0.3) is 0 Å². The highest BCUT2D eigenvalue weighted by atomic mass is 16.3. The van der Waals surface area contributed by atoms with Gasteiger partial charge in [0.1, 0.15) is 5.75 Å². The van der Waals surface area contributed by atoms with Gasteiger partial charge < -0.3 is 9.67 Å². The molecular weight excluding hydrogens is 174 g/mol. The first-order valence-electron chi connectivity index (χ1n) is 4.64. The Hall–Kier alpha value is -1.70. The summed E-state index contributed by atoms with van der Waals surface area (Å²) in [6.07, 6.45) is 2.78. The highest BCUT2D eigenvalue weighted by Crippen LogP contribution is 2.19. The lowest BCUT2D eigenvalue weighted by Gasteiger charge is -2.05. The molecule has 2 nitrogen and oxygen atoms in total. The van der Waals surface area contributed by atoms with E-state index in [2.05, 4.69) is 10.6 Å². The average Bonchev–Trinajstić information content (AvgIpc) is 2.56. The monoisotopic (exact) mass is 187 g/mol. The van der Waals surface area contributed by atoms with E-state index in [-0.39, 0.29) is 0 Å². The van der Waals surface area contributed by atoms with Crippen molar-refractivity contribution in [3.63, 3.8) is 0 Å². The van der Waals surface area contributed by atoms with Crippen LogP contribution in [0.4, 0.5) is 0 Å². The summed E-state index contributed by atoms with van der Waals surface area (Å²) in [7, 11) is 2.01. The van der Waals surface area contributed by atoms with E-state index in [0.29, 0.717) is 5.75 Å². The van der Waals surface area contributed by atoms with Crippen LogP contribution >= 0.6 is 0 Å². The number of aryl methyl sites for hydroxylation is 1. The van der Waals surface area contributed by atoms with E-state index >= 15 is 0 Å². The molecule has 0 saturated heterocycles. The second-order valence-electron chi connectivity index (χ2n) is 3.42. The molecule has 0 fully saturated rings. The molecule has 0 saturated carbocycles. The van der Waals surface area contributed by atoms with E-state index in [1.165, 1.54) is 5.69 Å². The van der Waals surface area contributed by atoms with Gasteiger partial charge in [-0.05, 0) is 23.8 Å². The van der Waals surface area contributed by atoms with E-state index in [9.17, 15) is 5.11 Å². The van der Waals surface area contributed by atoms with Crippen molar-refractivity contribution in [1.82, 2.24) is 4.57 Å². The molecule has 2 rings (SSSR count). The molecule has 2 heteroatoms. The number of hydrogen-bond acceptors (Lipinski definition) is 1. The van der Waals surface area contributed by atoms with Gasteiger partial charge in [-0.2, -0.15) is 0 Å². The van der Waals surface area contributed by atoms with Crippen LogP contribution in [0.15, 0.2) is 42.6 Å². The highest BCUT2D eigenvalue weighted by molar-refractivity contribution is 5.35. The Bertz CT molecular complexity index is 431. The van der Waals surface area contributed by atoms with Gasteiger partial charge in [-0.3, -0.25) is 0 Å². The number of aromatic hydroxyl groups is 1. The van der Waals surface area contributed by atoms with E-state index in [1.54, 1.807) is 6.07 Å². The minimum Gasteiger partial charge on any atom is -0.508 e. The summed E-state index contributed by atoms with van der Waals surface area (Å²) in [5, 5.41) is 9.59. The van der Waals surface area contributed by atoms with Gasteiger partial charge in [-0.1, -0.05) is 18.2 Å². The molecule has 1 aromatic carbocycles. The second-order valence-corrected chi connectivity index (χ2v) is 3.42. The summed E-state index contributed by atoms with van der Waals surface area (Å²) >= 11 is 0. The largest absolute Gasteiger partial charge is 0.508 e. The summed E-state index contributed by atoms with van der Waals surface area (Å²) in [6.45, 7) is 0. The molecule has 72 valence electrons. The summed E-state index contributed by atoms with van der Waals surface area (Å²) in [6, 6.07) is 11.5. The quantitative estimate of drug-likeness (QED) is 0.766. The fraction of sp³-hybridized carbons (Fsp3) is 0.167. The Balaban J connectivity index is 2.28. The van der Waals surface area contributed by atoms with Gasteiger partial charge in [0.05, 0.1) is 0 Å². The van der Waals surface area contributed by atoms with Crippen molar-refractivity contribution in [2.75, 3.05) is 0 Å². The zero-order chi connectivity index (χ0) is 9.97. The van der Waals surface area contributed by atoms with Crippen molar-refractivity contribution in [1.29, 1.82) is 0 Å². The van der Waals surface area contributed by atoms with Gasteiger partial charge in [0.2, 0.25) is 0 Å². The number of phenolic OH excluding ortho intramolecular Hbond substituents is 1. The maximum Gasteiger partial charge on any atom is 0.119 e. The number of benzene rings is 1. The Morgan fingerprint density at radius 2 is 1.93 bits per heavy atom. The third kappa shape index (κ3) is 1.64. The molecule has 0 aliphatic carbocycles. The first-order valence-corrected chi connectivity index (χ1v) is 4.64. The van der Waals surface area contributed by atoms with Gasteiger partial charge >= 0.3 is 0 Å². The molecular formula is C12H13NO. The average molecular weight is 187 g/mol. The van der Waals surface area contributed by atoms with Gasteiger partial charge in [0, 0.05) is 25.4 Å². The Kier molecular flexibility index (Phi) is 2.27. The summed E-state index contributed by atoms with van der Waals surface area (Å²) in [5.74, 6) is 0.369. The highest BCUT2D eigenvalue weighted by Gasteiger charge is 2.02. The van der Waals surface area contributed by atoms with E-state index < -0.39 is 0 Å². The predicted octanol–water partition coefficient (Wildman–Crippen LogP) is 2.32. The summed E-state index contributed by atoms with van der Waals surface area (Å²) < 4.78 is 2.06. The Morgan fingerprint density at radius 3 is 2.57 bits per heavy atom. The van der Waals surface area contributed by atoms with Crippen LogP contribution in [-0.4, -0.2) is 9.67 Å². The number of phenols is 1. The molecule has 0 atom stereocenters. The second kappa shape index (κ2) is 3.58. The standard InChI is InChI=1S/C12H13NO/c1-13-8-4-6-11(13)9-10-5-2-3-7-12(10)14/h2-8,14H,9H2,1H3. The zero-order valence-corrected chi connectivity index (χ0v) is 8.14. The predicted molar refractivity (Wildman–Crippen MR) is 56.3 cm³/mol. The molecule has 0 unspecified atom stereocenters. The number of rotatable bonds is 2. The maximum absolute atomic E-state index is 9.59. The van der Waals surface area contributed by atoms with Crippen molar-refractivity contribution >= 4 is 0 Å². The Morgan fingerprint density at radius 1 is 1.14 bits per heavy atom. The molecule has 0 radical (unpaired) electrons. The number of aromatic nitrogens is 1. The smallest absolute Gasteiger partial charge is 0.119 e. The third-order valence-electron chi connectivity index (χ3n) is 2.41. The molecule has 1 N–H and O–H groups in total. The molecule has 0 amide bonds. The van der Waals surface area contributed by atoms with Crippen molar-refractivity contribution in [3.8, 4) is 5.75 Å². The number of para-hydroxylation sites is 1. The molecule has 0 aliphatic rings. The molecule has 0 spiro atoms. The Labute approximate surface area is 83.4 Å². The van der Waals surface area contributed by atoms with Crippen LogP contribution in [0.3, 0.4) is 0 Å². The minimum absolute atomic E-state index is 0.369. The van der Waals surface area contributed by atoms with E-state index in [1.807, 2.05) is 37.5 Å². The van der Waals surface area contributed by atoms with Gasteiger partial charge in [-0.25, -0.2) is 0 Å². The first-order chi connectivity index (χ1) is 6.77. The van der Waals surface area contributed by atoms with Gasteiger partial charge in [-0.15, -0.1) is 0 Å². The lowest BCUT2D eigenvalue weighted by Crippen LogP contribution is -1.96. The van der Waals surface area contributed by atoms with Crippen LogP contribution in [0.1, 0.15) is 11.3 Å². The maximum atomic E-state index is 9.59. The molecule has 1 aromatic heterocycles. The molecule has 14 heavy (non-hydrogen) atoms. The first kappa shape index (κ1) is 8.88. The fourth-order valence-corrected chi connectivity index (χ4v) is 1.54. The normalized spacial score (nSPS) is 10.4. The van der Waals surface area contributed by atoms with Crippen LogP contribution in [0.2, 0.25) is 0 Å².